The van der Waals surface area contributed by atoms with Crippen molar-refractivity contribution in [3.05, 3.63) is 59.4 Å². The second-order valence-corrected chi connectivity index (χ2v) is 6.36. The van der Waals surface area contributed by atoms with Crippen LogP contribution in [-0.2, 0) is 6.54 Å². The van der Waals surface area contributed by atoms with Crippen LogP contribution in [0.15, 0.2) is 42.7 Å². The Bertz CT molecular complexity index is 665. The molecule has 1 aliphatic rings. The molecule has 3 nitrogen and oxygen atoms in total. The Morgan fingerprint density at radius 3 is 2.82 bits per heavy atom. The van der Waals surface area contributed by atoms with E-state index in [1.54, 1.807) is 6.20 Å². The molecule has 22 heavy (non-hydrogen) atoms. The smallest absolute Gasteiger partial charge is 0.173 e. The van der Waals surface area contributed by atoms with Crippen LogP contribution in [0.2, 0.25) is 0 Å². The van der Waals surface area contributed by atoms with Gasteiger partial charge < -0.3 is 10.2 Å². The summed E-state index contributed by atoms with van der Waals surface area (Å²) < 4.78 is 0. The minimum Gasteiger partial charge on any atom is -0.342 e. The van der Waals surface area contributed by atoms with E-state index < -0.39 is 0 Å². The summed E-state index contributed by atoms with van der Waals surface area (Å²) in [5, 5.41) is 4.24. The third kappa shape index (κ3) is 3.63. The topological polar surface area (TPSA) is 28.2 Å². The first-order valence-corrected chi connectivity index (χ1v) is 8.08. The fourth-order valence-corrected chi connectivity index (χ4v) is 2.82. The van der Waals surface area contributed by atoms with Crippen molar-refractivity contribution in [1.82, 2.24) is 9.88 Å². The van der Waals surface area contributed by atoms with Crippen molar-refractivity contribution in [2.45, 2.75) is 39.3 Å². The van der Waals surface area contributed by atoms with Crippen molar-refractivity contribution >= 4 is 23.0 Å². The largest absolute Gasteiger partial charge is 0.342 e. The average molecular weight is 311 g/mol. The van der Waals surface area contributed by atoms with E-state index >= 15 is 0 Å². The first kappa shape index (κ1) is 15.0. The lowest BCUT2D eigenvalue weighted by molar-refractivity contribution is 0.409. The van der Waals surface area contributed by atoms with Gasteiger partial charge in [0.2, 0.25) is 0 Å². The third-order valence-corrected chi connectivity index (χ3v) is 4.30. The van der Waals surface area contributed by atoms with E-state index in [4.69, 9.17) is 12.2 Å². The number of hydrogen-bond acceptors (Lipinski definition) is 2. The molecule has 0 radical (unpaired) electrons. The monoisotopic (exact) mass is 311 g/mol. The van der Waals surface area contributed by atoms with E-state index in [9.17, 15) is 0 Å². The van der Waals surface area contributed by atoms with Crippen molar-refractivity contribution in [1.29, 1.82) is 0 Å². The number of nitrogens with zero attached hydrogens (tertiary/aromatic N) is 2. The Labute approximate surface area is 137 Å². The summed E-state index contributed by atoms with van der Waals surface area (Å²) in [4.78, 5) is 6.48. The van der Waals surface area contributed by atoms with Gasteiger partial charge >= 0.3 is 0 Å². The van der Waals surface area contributed by atoms with Gasteiger partial charge in [-0.25, -0.2) is 0 Å². The van der Waals surface area contributed by atoms with Crippen molar-refractivity contribution in [2.24, 2.45) is 0 Å². The number of rotatable bonds is 4. The third-order valence-electron chi connectivity index (χ3n) is 3.96. The molecule has 4 heteroatoms. The summed E-state index contributed by atoms with van der Waals surface area (Å²) >= 11 is 5.67. The van der Waals surface area contributed by atoms with Crippen LogP contribution in [0.1, 0.15) is 29.5 Å². The lowest BCUT2D eigenvalue weighted by atomic mass is 10.1. The maximum Gasteiger partial charge on any atom is 0.173 e. The minimum absolute atomic E-state index is 0.560. The van der Waals surface area contributed by atoms with Crippen LogP contribution in [-0.4, -0.2) is 21.0 Å². The van der Waals surface area contributed by atoms with Gasteiger partial charge in [0.25, 0.3) is 0 Å². The van der Waals surface area contributed by atoms with Crippen molar-refractivity contribution < 1.29 is 0 Å². The molecule has 1 N–H and O–H groups in total. The number of aromatic nitrogens is 1. The Balaban J connectivity index is 1.74. The highest BCUT2D eigenvalue weighted by atomic mass is 32.1. The summed E-state index contributed by atoms with van der Waals surface area (Å²) in [5.74, 6) is 0. The summed E-state index contributed by atoms with van der Waals surface area (Å²) in [6.45, 7) is 5.02. The molecule has 0 unspecified atom stereocenters. The zero-order valence-electron chi connectivity index (χ0n) is 13.0. The lowest BCUT2D eigenvalue weighted by Crippen LogP contribution is -2.36. The summed E-state index contributed by atoms with van der Waals surface area (Å²) in [6.07, 6.45) is 6.15. The van der Waals surface area contributed by atoms with Crippen molar-refractivity contribution in [3.63, 3.8) is 0 Å². The summed E-state index contributed by atoms with van der Waals surface area (Å²) in [6, 6.07) is 11.0. The number of nitrogens with one attached hydrogen (secondary N) is 1. The van der Waals surface area contributed by atoms with Gasteiger partial charge in [0.15, 0.2) is 5.11 Å². The second kappa shape index (κ2) is 6.44. The summed E-state index contributed by atoms with van der Waals surface area (Å²) in [7, 11) is 0. The van der Waals surface area contributed by atoms with E-state index in [1.165, 1.54) is 29.5 Å². The number of aryl methyl sites for hydroxylation is 2. The van der Waals surface area contributed by atoms with E-state index in [2.05, 4.69) is 53.3 Å². The molecule has 1 aromatic heterocycles. The number of hydrogen-bond donors (Lipinski definition) is 1. The van der Waals surface area contributed by atoms with Gasteiger partial charge in [-0.05, 0) is 67.7 Å². The minimum atomic E-state index is 0.560. The fourth-order valence-electron chi connectivity index (χ4n) is 2.50. The first-order valence-electron chi connectivity index (χ1n) is 7.67. The van der Waals surface area contributed by atoms with E-state index in [1.807, 2.05) is 12.3 Å². The Hall–Kier alpha value is -1.94. The van der Waals surface area contributed by atoms with Gasteiger partial charge in [-0.2, -0.15) is 0 Å². The molecule has 1 saturated carbocycles. The maximum absolute atomic E-state index is 5.67. The van der Waals surface area contributed by atoms with Gasteiger partial charge in [0, 0.05) is 30.7 Å². The molecule has 1 fully saturated rings. The summed E-state index contributed by atoms with van der Waals surface area (Å²) in [5.41, 5.74) is 4.74. The molecule has 0 spiro atoms. The molecular formula is C18H21N3S. The highest BCUT2D eigenvalue weighted by Gasteiger charge is 2.31. The van der Waals surface area contributed by atoms with E-state index in [0.717, 1.165) is 17.3 Å². The van der Waals surface area contributed by atoms with Crippen LogP contribution in [0.5, 0.6) is 0 Å². The van der Waals surface area contributed by atoms with Gasteiger partial charge in [0.1, 0.15) is 0 Å². The van der Waals surface area contributed by atoms with Crippen molar-refractivity contribution in [3.8, 4) is 0 Å². The molecular weight excluding hydrogens is 290 g/mol. The highest BCUT2D eigenvalue weighted by Crippen LogP contribution is 2.29. The Kier molecular flexibility index (Phi) is 4.39. The molecule has 0 atom stereocenters. The lowest BCUT2D eigenvalue weighted by Gasteiger charge is -2.26. The van der Waals surface area contributed by atoms with Crippen LogP contribution in [0, 0.1) is 13.8 Å². The number of pyridine rings is 1. The molecule has 0 amide bonds. The molecule has 3 rings (SSSR count). The van der Waals surface area contributed by atoms with Crippen LogP contribution in [0.4, 0.5) is 5.69 Å². The van der Waals surface area contributed by atoms with Gasteiger partial charge in [-0.1, -0.05) is 18.2 Å². The second-order valence-electron chi connectivity index (χ2n) is 5.97. The van der Waals surface area contributed by atoms with Gasteiger partial charge in [-0.3, -0.25) is 4.98 Å². The molecule has 1 heterocycles. The Morgan fingerprint density at radius 2 is 2.14 bits per heavy atom. The molecule has 1 aromatic carbocycles. The molecule has 114 valence electrons. The predicted octanol–water partition coefficient (Wildman–Crippen LogP) is 4.06. The van der Waals surface area contributed by atoms with E-state index in [-0.39, 0.29) is 0 Å². The van der Waals surface area contributed by atoms with Crippen LogP contribution in [0.3, 0.4) is 0 Å². The number of benzene rings is 1. The van der Waals surface area contributed by atoms with Gasteiger partial charge in [-0.15, -0.1) is 0 Å². The predicted molar refractivity (Wildman–Crippen MR) is 94.9 cm³/mol. The molecule has 1 aliphatic carbocycles. The van der Waals surface area contributed by atoms with Crippen molar-refractivity contribution in [2.75, 3.05) is 5.32 Å². The van der Waals surface area contributed by atoms with Gasteiger partial charge in [0.05, 0.1) is 0 Å². The van der Waals surface area contributed by atoms with Crippen LogP contribution in [0.25, 0.3) is 0 Å². The fraction of sp³-hybridized carbons (Fsp3) is 0.333. The zero-order valence-corrected chi connectivity index (χ0v) is 13.9. The SMILES string of the molecule is Cc1ccc(C)c(NC(=S)N(Cc2cccnc2)C2CC2)c1. The zero-order chi connectivity index (χ0) is 15.5. The normalized spacial score (nSPS) is 13.7. The molecule has 0 saturated heterocycles. The Morgan fingerprint density at radius 1 is 1.32 bits per heavy atom. The number of anilines is 1. The quantitative estimate of drug-likeness (QED) is 0.862. The van der Waals surface area contributed by atoms with Crippen LogP contribution >= 0.6 is 12.2 Å². The molecule has 2 aromatic rings. The molecule has 0 bridgehead atoms. The van der Waals surface area contributed by atoms with Crippen LogP contribution < -0.4 is 5.32 Å². The number of thiocarbonyl (C=S) groups is 1. The average Bonchev–Trinajstić information content (AvgIpc) is 3.34. The standard InChI is InChI=1S/C18H21N3S/c1-13-5-6-14(2)17(10-13)20-18(22)21(16-7-8-16)12-15-4-3-9-19-11-15/h3-6,9-11,16H,7-8,12H2,1-2H3,(H,20,22). The first-order chi connectivity index (χ1) is 10.6. The highest BCUT2D eigenvalue weighted by molar-refractivity contribution is 7.80. The molecule has 0 aliphatic heterocycles. The van der Waals surface area contributed by atoms with E-state index in [0.29, 0.717) is 6.04 Å². The maximum atomic E-state index is 5.67.